The first-order valence-corrected chi connectivity index (χ1v) is 5.06. The van der Waals surface area contributed by atoms with E-state index in [1.165, 1.54) is 24.0 Å². The SMILES string of the molecule is Cc1cccc(CCCBr)c1. The molecule has 1 heteroatoms. The highest BCUT2D eigenvalue weighted by Gasteiger charge is 1.91. The molecule has 0 amide bonds. The molecule has 0 aliphatic heterocycles. The van der Waals surface area contributed by atoms with Crippen LogP contribution in [0.5, 0.6) is 0 Å². The van der Waals surface area contributed by atoms with E-state index in [0.717, 1.165) is 5.33 Å². The van der Waals surface area contributed by atoms with E-state index < -0.39 is 0 Å². The minimum absolute atomic E-state index is 1.10. The van der Waals surface area contributed by atoms with Crippen molar-refractivity contribution in [2.75, 3.05) is 5.33 Å². The van der Waals surface area contributed by atoms with Gasteiger partial charge in [-0.1, -0.05) is 45.8 Å². The fourth-order valence-corrected chi connectivity index (χ4v) is 1.42. The third-order valence-electron chi connectivity index (χ3n) is 1.68. The molecule has 0 heterocycles. The first-order valence-electron chi connectivity index (χ1n) is 3.94. The molecule has 11 heavy (non-hydrogen) atoms. The van der Waals surface area contributed by atoms with E-state index in [1.54, 1.807) is 0 Å². The molecule has 0 aromatic heterocycles. The van der Waals surface area contributed by atoms with Crippen LogP contribution in [0.2, 0.25) is 0 Å². The number of hydrogen-bond acceptors (Lipinski definition) is 0. The average Bonchev–Trinajstić information content (AvgIpc) is 2.01. The topological polar surface area (TPSA) is 0 Å². The minimum atomic E-state index is 1.10. The zero-order valence-electron chi connectivity index (χ0n) is 6.81. The predicted octanol–water partition coefficient (Wildman–Crippen LogP) is 3.32. The van der Waals surface area contributed by atoms with Gasteiger partial charge in [0.05, 0.1) is 0 Å². The van der Waals surface area contributed by atoms with Gasteiger partial charge in [0.25, 0.3) is 0 Å². The summed E-state index contributed by atoms with van der Waals surface area (Å²) in [6.07, 6.45) is 2.41. The zero-order chi connectivity index (χ0) is 8.10. The molecule has 0 N–H and O–H groups in total. The lowest BCUT2D eigenvalue weighted by Crippen LogP contribution is -1.85. The maximum atomic E-state index is 3.43. The van der Waals surface area contributed by atoms with Gasteiger partial charge in [-0.05, 0) is 25.3 Å². The first kappa shape index (κ1) is 8.79. The van der Waals surface area contributed by atoms with E-state index >= 15 is 0 Å². The van der Waals surface area contributed by atoms with Crippen LogP contribution in [0.25, 0.3) is 0 Å². The highest BCUT2D eigenvalue weighted by molar-refractivity contribution is 9.09. The summed E-state index contributed by atoms with van der Waals surface area (Å²) in [5, 5.41) is 1.10. The van der Waals surface area contributed by atoms with Gasteiger partial charge in [0, 0.05) is 5.33 Å². The molecule has 0 fully saturated rings. The van der Waals surface area contributed by atoms with E-state index in [-0.39, 0.29) is 0 Å². The maximum Gasteiger partial charge on any atom is 0.00344 e. The largest absolute Gasteiger partial charge is 0.0928 e. The van der Waals surface area contributed by atoms with Crippen molar-refractivity contribution >= 4 is 15.9 Å². The predicted molar refractivity (Wildman–Crippen MR) is 53.3 cm³/mol. The van der Waals surface area contributed by atoms with Gasteiger partial charge in [-0.15, -0.1) is 0 Å². The van der Waals surface area contributed by atoms with Crippen molar-refractivity contribution in [1.82, 2.24) is 0 Å². The van der Waals surface area contributed by atoms with Crippen molar-refractivity contribution < 1.29 is 0 Å². The van der Waals surface area contributed by atoms with Crippen molar-refractivity contribution in [2.45, 2.75) is 19.8 Å². The van der Waals surface area contributed by atoms with Crippen molar-refractivity contribution in [3.8, 4) is 0 Å². The molecule has 60 valence electrons. The van der Waals surface area contributed by atoms with Gasteiger partial charge in [-0.25, -0.2) is 0 Å². The summed E-state index contributed by atoms with van der Waals surface area (Å²) < 4.78 is 0. The lowest BCUT2D eigenvalue weighted by molar-refractivity contribution is 0.938. The second kappa shape index (κ2) is 4.55. The van der Waals surface area contributed by atoms with Crippen molar-refractivity contribution in [3.05, 3.63) is 35.4 Å². The van der Waals surface area contributed by atoms with Gasteiger partial charge in [0.1, 0.15) is 0 Å². The molecular formula is C10H13Br. The number of halogens is 1. The Balaban J connectivity index is 2.56. The molecule has 0 saturated carbocycles. The van der Waals surface area contributed by atoms with Crippen LogP contribution in [-0.2, 0) is 6.42 Å². The summed E-state index contributed by atoms with van der Waals surface area (Å²) in [6.45, 7) is 2.14. The van der Waals surface area contributed by atoms with E-state index in [9.17, 15) is 0 Å². The fraction of sp³-hybridized carbons (Fsp3) is 0.400. The van der Waals surface area contributed by atoms with E-state index in [1.807, 2.05) is 0 Å². The lowest BCUT2D eigenvalue weighted by atomic mass is 10.1. The summed E-state index contributed by atoms with van der Waals surface area (Å²) in [7, 11) is 0. The molecule has 0 radical (unpaired) electrons. The summed E-state index contributed by atoms with van der Waals surface area (Å²) in [5.41, 5.74) is 2.81. The Labute approximate surface area is 76.8 Å². The van der Waals surface area contributed by atoms with Crippen molar-refractivity contribution in [2.24, 2.45) is 0 Å². The standard InChI is InChI=1S/C10H13Br/c1-9-4-2-5-10(8-9)6-3-7-11/h2,4-5,8H,3,6-7H2,1H3. The van der Waals surface area contributed by atoms with Crippen molar-refractivity contribution in [1.29, 1.82) is 0 Å². The Hall–Kier alpha value is -0.300. The summed E-state index contributed by atoms with van der Waals surface area (Å²) >= 11 is 3.43. The monoisotopic (exact) mass is 212 g/mol. The van der Waals surface area contributed by atoms with Crippen LogP contribution in [0.15, 0.2) is 24.3 Å². The van der Waals surface area contributed by atoms with Gasteiger partial charge >= 0.3 is 0 Å². The molecule has 1 aromatic carbocycles. The quantitative estimate of drug-likeness (QED) is 0.675. The number of hydrogen-bond donors (Lipinski definition) is 0. The fourth-order valence-electron chi connectivity index (χ4n) is 1.14. The maximum absolute atomic E-state index is 3.43. The normalized spacial score (nSPS) is 10.0. The minimum Gasteiger partial charge on any atom is -0.0928 e. The molecule has 1 aromatic rings. The van der Waals surface area contributed by atoms with Gasteiger partial charge < -0.3 is 0 Å². The van der Waals surface area contributed by atoms with Crippen LogP contribution >= 0.6 is 15.9 Å². The Kier molecular flexibility index (Phi) is 3.64. The first-order chi connectivity index (χ1) is 5.33. The highest BCUT2D eigenvalue weighted by Crippen LogP contribution is 2.06. The van der Waals surface area contributed by atoms with Crippen LogP contribution in [0, 0.1) is 6.92 Å². The zero-order valence-corrected chi connectivity index (χ0v) is 8.39. The Morgan fingerprint density at radius 1 is 1.36 bits per heavy atom. The number of rotatable bonds is 3. The van der Waals surface area contributed by atoms with E-state index in [0.29, 0.717) is 0 Å². The van der Waals surface area contributed by atoms with Crippen LogP contribution in [-0.4, -0.2) is 5.33 Å². The molecule has 0 spiro atoms. The van der Waals surface area contributed by atoms with Crippen LogP contribution in [0.4, 0.5) is 0 Å². The number of aryl methyl sites for hydroxylation is 2. The third kappa shape index (κ3) is 3.06. The van der Waals surface area contributed by atoms with E-state index in [4.69, 9.17) is 0 Å². The van der Waals surface area contributed by atoms with Crippen LogP contribution in [0.3, 0.4) is 0 Å². The molecule has 0 atom stereocenters. The molecule has 0 unspecified atom stereocenters. The van der Waals surface area contributed by atoms with Gasteiger partial charge in [0.2, 0.25) is 0 Å². The summed E-state index contributed by atoms with van der Waals surface area (Å²) in [6, 6.07) is 8.70. The molecule has 1 rings (SSSR count). The third-order valence-corrected chi connectivity index (χ3v) is 2.24. The Morgan fingerprint density at radius 2 is 2.18 bits per heavy atom. The Morgan fingerprint density at radius 3 is 2.82 bits per heavy atom. The molecule has 0 aliphatic rings. The second-order valence-corrected chi connectivity index (χ2v) is 3.57. The van der Waals surface area contributed by atoms with E-state index in [2.05, 4.69) is 47.1 Å². The highest BCUT2D eigenvalue weighted by atomic mass is 79.9. The summed E-state index contributed by atoms with van der Waals surface area (Å²) in [5.74, 6) is 0. The Bertz CT molecular complexity index is 218. The van der Waals surface area contributed by atoms with Crippen molar-refractivity contribution in [3.63, 3.8) is 0 Å². The lowest BCUT2D eigenvalue weighted by Gasteiger charge is -1.99. The molecule has 0 aliphatic carbocycles. The molecule has 0 bridgehead atoms. The molecule has 0 nitrogen and oxygen atoms in total. The number of alkyl halides is 1. The summed E-state index contributed by atoms with van der Waals surface area (Å²) in [4.78, 5) is 0. The average molecular weight is 213 g/mol. The van der Waals surface area contributed by atoms with Gasteiger partial charge in [-0.2, -0.15) is 0 Å². The molecule has 0 saturated heterocycles. The second-order valence-electron chi connectivity index (χ2n) is 2.78. The van der Waals surface area contributed by atoms with Gasteiger partial charge in [-0.3, -0.25) is 0 Å². The number of benzene rings is 1. The molecular weight excluding hydrogens is 200 g/mol. The smallest absolute Gasteiger partial charge is 0.00344 e. The van der Waals surface area contributed by atoms with Gasteiger partial charge in [0.15, 0.2) is 0 Å². The van der Waals surface area contributed by atoms with Crippen LogP contribution in [0.1, 0.15) is 17.5 Å². The van der Waals surface area contributed by atoms with Crippen LogP contribution < -0.4 is 0 Å².